The molecule has 0 aliphatic heterocycles. The molecular formula is C22H17Cl2F3N2O2. The number of nitrogens with one attached hydrogen (secondary N) is 2. The summed E-state index contributed by atoms with van der Waals surface area (Å²) in [4.78, 5) is 12.5. The molecule has 1 unspecified atom stereocenters. The van der Waals surface area contributed by atoms with E-state index in [4.69, 9.17) is 23.2 Å². The molecule has 3 aromatic carbocycles. The van der Waals surface area contributed by atoms with Gasteiger partial charge in [0, 0.05) is 5.69 Å². The number of benzene rings is 3. The summed E-state index contributed by atoms with van der Waals surface area (Å²) >= 11 is 12.1. The number of urea groups is 1. The molecule has 3 rings (SSSR count). The first-order chi connectivity index (χ1) is 14.7. The van der Waals surface area contributed by atoms with Gasteiger partial charge in [-0.2, -0.15) is 0 Å². The minimum absolute atomic E-state index is 0.313. The lowest BCUT2D eigenvalue weighted by Gasteiger charge is -2.20. The number of alkyl halides is 3. The van der Waals surface area contributed by atoms with Crippen LogP contribution < -0.4 is 15.4 Å². The fourth-order valence-electron chi connectivity index (χ4n) is 2.91. The number of amides is 2. The maximum absolute atomic E-state index is 12.5. The summed E-state index contributed by atoms with van der Waals surface area (Å²) in [5.74, 6) is -0.375. The molecule has 0 heterocycles. The first-order valence-corrected chi connectivity index (χ1v) is 9.87. The smallest absolute Gasteiger partial charge is 0.406 e. The van der Waals surface area contributed by atoms with E-state index in [1.807, 2.05) is 36.4 Å². The van der Waals surface area contributed by atoms with E-state index in [1.54, 1.807) is 12.1 Å². The molecule has 9 heteroatoms. The van der Waals surface area contributed by atoms with Crippen molar-refractivity contribution in [3.63, 3.8) is 0 Å². The molecule has 0 aliphatic rings. The van der Waals surface area contributed by atoms with E-state index in [-0.39, 0.29) is 11.8 Å². The average molecular weight is 469 g/mol. The van der Waals surface area contributed by atoms with Crippen molar-refractivity contribution < 1.29 is 22.7 Å². The molecule has 31 heavy (non-hydrogen) atoms. The van der Waals surface area contributed by atoms with Gasteiger partial charge in [0.15, 0.2) is 0 Å². The first-order valence-electron chi connectivity index (χ1n) is 9.12. The largest absolute Gasteiger partial charge is 0.573 e. The lowest BCUT2D eigenvalue weighted by atomic mass is 9.99. The summed E-state index contributed by atoms with van der Waals surface area (Å²) < 4.78 is 40.6. The quantitative estimate of drug-likeness (QED) is 0.409. The van der Waals surface area contributed by atoms with Gasteiger partial charge in [0.2, 0.25) is 0 Å². The van der Waals surface area contributed by atoms with Gasteiger partial charge in [0.25, 0.3) is 0 Å². The van der Waals surface area contributed by atoms with Crippen molar-refractivity contribution in [2.45, 2.75) is 18.8 Å². The zero-order valence-corrected chi connectivity index (χ0v) is 17.4. The van der Waals surface area contributed by atoms with Gasteiger partial charge in [-0.25, -0.2) is 4.79 Å². The SMILES string of the molecule is O=C(Nc1ccc(OC(F)(F)F)cc1)NC(Cc1ccc(Cl)c(Cl)c1)c1ccccc1. The van der Waals surface area contributed by atoms with Crippen LogP contribution in [0.1, 0.15) is 17.2 Å². The zero-order chi connectivity index (χ0) is 22.4. The van der Waals surface area contributed by atoms with Crippen LogP contribution in [-0.2, 0) is 6.42 Å². The average Bonchev–Trinajstić information content (AvgIpc) is 2.71. The molecule has 0 bridgehead atoms. The summed E-state index contributed by atoms with van der Waals surface area (Å²) in [6.07, 6.45) is -4.33. The molecule has 3 aromatic rings. The maximum atomic E-state index is 12.5. The van der Waals surface area contributed by atoms with Crippen LogP contribution >= 0.6 is 23.2 Å². The number of hydrogen-bond acceptors (Lipinski definition) is 2. The number of halogens is 5. The Labute approximate surface area is 186 Å². The molecule has 0 aromatic heterocycles. The molecule has 2 amide bonds. The summed E-state index contributed by atoms with van der Waals surface area (Å²) in [7, 11) is 0. The van der Waals surface area contributed by atoms with E-state index in [2.05, 4.69) is 15.4 Å². The number of ether oxygens (including phenoxy) is 1. The van der Waals surface area contributed by atoms with Gasteiger partial charge in [0.05, 0.1) is 16.1 Å². The van der Waals surface area contributed by atoms with Crippen molar-refractivity contribution in [1.82, 2.24) is 5.32 Å². The van der Waals surface area contributed by atoms with Crippen LogP contribution in [0, 0.1) is 0 Å². The predicted octanol–water partition coefficient (Wildman–Crippen LogP) is 7.00. The number of rotatable bonds is 6. The lowest BCUT2D eigenvalue weighted by Crippen LogP contribution is -2.33. The highest BCUT2D eigenvalue weighted by Crippen LogP contribution is 2.27. The van der Waals surface area contributed by atoms with Crippen molar-refractivity contribution in [2.75, 3.05) is 5.32 Å². The molecule has 0 saturated heterocycles. The molecule has 0 spiro atoms. The third kappa shape index (κ3) is 7.08. The lowest BCUT2D eigenvalue weighted by molar-refractivity contribution is -0.274. The van der Waals surface area contributed by atoms with Crippen LogP contribution in [0.2, 0.25) is 10.0 Å². The van der Waals surface area contributed by atoms with Crippen LogP contribution in [0.15, 0.2) is 72.8 Å². The summed E-state index contributed by atoms with van der Waals surface area (Å²) in [6, 6.07) is 18.6. The highest BCUT2D eigenvalue weighted by molar-refractivity contribution is 6.42. The van der Waals surface area contributed by atoms with E-state index >= 15 is 0 Å². The van der Waals surface area contributed by atoms with Gasteiger partial charge in [-0.1, -0.05) is 59.6 Å². The molecule has 0 saturated carbocycles. The fourth-order valence-corrected chi connectivity index (χ4v) is 3.23. The number of hydrogen-bond donors (Lipinski definition) is 2. The third-order valence-corrected chi connectivity index (χ3v) is 5.02. The van der Waals surface area contributed by atoms with E-state index in [0.717, 1.165) is 23.3 Å². The third-order valence-electron chi connectivity index (χ3n) is 4.28. The monoisotopic (exact) mass is 468 g/mol. The van der Waals surface area contributed by atoms with E-state index in [0.29, 0.717) is 22.2 Å². The van der Waals surface area contributed by atoms with Crippen LogP contribution in [0.4, 0.5) is 23.7 Å². The zero-order valence-electron chi connectivity index (χ0n) is 15.9. The Balaban J connectivity index is 1.70. The molecule has 1 atom stereocenters. The van der Waals surface area contributed by atoms with Gasteiger partial charge in [-0.15, -0.1) is 13.2 Å². The second-order valence-corrected chi connectivity index (χ2v) is 7.40. The fraction of sp³-hybridized carbons (Fsp3) is 0.136. The van der Waals surface area contributed by atoms with Gasteiger partial charge in [0.1, 0.15) is 5.75 Å². The van der Waals surface area contributed by atoms with Crippen molar-refractivity contribution in [3.05, 3.63) is 94.0 Å². The molecular weight excluding hydrogens is 452 g/mol. The molecule has 0 radical (unpaired) electrons. The highest BCUT2D eigenvalue weighted by Gasteiger charge is 2.31. The Morgan fingerprint density at radius 3 is 2.23 bits per heavy atom. The Hall–Kier alpha value is -2.90. The van der Waals surface area contributed by atoms with Crippen molar-refractivity contribution >= 4 is 34.9 Å². The number of carbonyl (C=O) groups is 1. The van der Waals surface area contributed by atoms with Crippen molar-refractivity contribution in [1.29, 1.82) is 0 Å². The van der Waals surface area contributed by atoms with Gasteiger partial charge < -0.3 is 15.4 Å². The second-order valence-electron chi connectivity index (χ2n) is 6.59. The summed E-state index contributed by atoms with van der Waals surface area (Å²) in [5, 5.41) is 6.33. The maximum Gasteiger partial charge on any atom is 0.573 e. The van der Waals surface area contributed by atoms with Crippen LogP contribution in [0.25, 0.3) is 0 Å². The van der Waals surface area contributed by atoms with Crippen molar-refractivity contribution in [2.24, 2.45) is 0 Å². The summed E-state index contributed by atoms with van der Waals surface area (Å²) in [5.41, 5.74) is 2.06. The molecule has 2 N–H and O–H groups in total. The van der Waals surface area contributed by atoms with Crippen LogP contribution in [-0.4, -0.2) is 12.4 Å². The highest BCUT2D eigenvalue weighted by atomic mass is 35.5. The van der Waals surface area contributed by atoms with E-state index in [9.17, 15) is 18.0 Å². The topological polar surface area (TPSA) is 50.4 Å². The Kier molecular flexibility index (Phi) is 7.30. The Morgan fingerprint density at radius 1 is 0.935 bits per heavy atom. The van der Waals surface area contributed by atoms with Gasteiger partial charge in [-0.05, 0) is 53.9 Å². The molecule has 0 aliphatic carbocycles. The predicted molar refractivity (Wildman–Crippen MR) is 115 cm³/mol. The minimum Gasteiger partial charge on any atom is -0.406 e. The van der Waals surface area contributed by atoms with E-state index < -0.39 is 12.4 Å². The second kappa shape index (κ2) is 9.94. The number of carbonyl (C=O) groups excluding carboxylic acids is 1. The van der Waals surface area contributed by atoms with E-state index in [1.165, 1.54) is 12.1 Å². The van der Waals surface area contributed by atoms with Gasteiger partial charge in [-0.3, -0.25) is 0 Å². The number of anilines is 1. The molecule has 4 nitrogen and oxygen atoms in total. The van der Waals surface area contributed by atoms with Crippen molar-refractivity contribution in [3.8, 4) is 5.75 Å². The normalized spacial score (nSPS) is 12.2. The van der Waals surface area contributed by atoms with Gasteiger partial charge >= 0.3 is 12.4 Å². The molecule has 0 fully saturated rings. The summed E-state index contributed by atoms with van der Waals surface area (Å²) in [6.45, 7) is 0. The van der Waals surface area contributed by atoms with Crippen LogP contribution in [0.3, 0.4) is 0 Å². The van der Waals surface area contributed by atoms with Crippen LogP contribution in [0.5, 0.6) is 5.75 Å². The molecule has 162 valence electrons. The standard InChI is InChI=1S/C22H17Cl2F3N2O2/c23-18-11-6-14(12-19(18)24)13-20(15-4-2-1-3-5-15)29-21(30)28-16-7-9-17(10-8-16)31-22(25,26)27/h1-12,20H,13H2,(H2,28,29,30). The Bertz CT molecular complexity index is 1030. The minimum atomic E-state index is -4.78. The first kappa shape index (κ1) is 22.8. The Morgan fingerprint density at radius 2 is 1.61 bits per heavy atom.